The molecular weight excluding hydrogens is 280 g/mol. The summed E-state index contributed by atoms with van der Waals surface area (Å²) in [6.07, 6.45) is 0. The minimum Gasteiger partial charge on any atom is -0.494 e. The summed E-state index contributed by atoms with van der Waals surface area (Å²) in [5.41, 5.74) is 2.53. The molecule has 116 valence electrons. The van der Waals surface area contributed by atoms with Crippen molar-refractivity contribution in [3.63, 3.8) is 0 Å². The van der Waals surface area contributed by atoms with Crippen LogP contribution < -0.4 is 15.4 Å². The lowest BCUT2D eigenvalue weighted by atomic mass is 10.1. The first-order chi connectivity index (χ1) is 10.7. The van der Waals surface area contributed by atoms with Gasteiger partial charge in [0.1, 0.15) is 5.75 Å². The summed E-state index contributed by atoms with van der Waals surface area (Å²) < 4.78 is 5.34. The van der Waals surface area contributed by atoms with Gasteiger partial charge in [0.05, 0.1) is 13.2 Å². The molecule has 0 fully saturated rings. The van der Waals surface area contributed by atoms with Gasteiger partial charge in [-0.3, -0.25) is 0 Å². The number of urea groups is 1. The van der Waals surface area contributed by atoms with Crippen molar-refractivity contribution in [2.45, 2.75) is 20.1 Å². The number of benzene rings is 2. The maximum atomic E-state index is 11.8. The fraction of sp³-hybridized carbons (Fsp3) is 0.235. The van der Waals surface area contributed by atoms with Gasteiger partial charge < -0.3 is 20.5 Å². The van der Waals surface area contributed by atoms with Crippen LogP contribution in [0.25, 0.3) is 0 Å². The Labute approximate surface area is 129 Å². The van der Waals surface area contributed by atoms with Gasteiger partial charge in [0.25, 0.3) is 0 Å². The van der Waals surface area contributed by atoms with E-state index >= 15 is 0 Å². The van der Waals surface area contributed by atoms with Gasteiger partial charge >= 0.3 is 6.03 Å². The molecule has 0 bridgehead atoms. The van der Waals surface area contributed by atoms with E-state index in [4.69, 9.17) is 9.84 Å². The van der Waals surface area contributed by atoms with Gasteiger partial charge in [-0.05, 0) is 42.3 Å². The molecule has 2 rings (SSSR count). The van der Waals surface area contributed by atoms with E-state index in [1.165, 1.54) is 0 Å². The third-order valence-corrected chi connectivity index (χ3v) is 3.08. The number of hydrogen-bond acceptors (Lipinski definition) is 3. The van der Waals surface area contributed by atoms with Crippen LogP contribution in [0.2, 0.25) is 0 Å². The molecule has 0 unspecified atom stereocenters. The molecule has 0 radical (unpaired) electrons. The molecule has 0 aliphatic heterocycles. The molecule has 0 atom stereocenters. The van der Waals surface area contributed by atoms with Crippen LogP contribution in [0.1, 0.15) is 18.1 Å². The Hall–Kier alpha value is -2.53. The smallest absolute Gasteiger partial charge is 0.319 e. The predicted molar refractivity (Wildman–Crippen MR) is 85.8 cm³/mol. The molecule has 0 saturated heterocycles. The summed E-state index contributed by atoms with van der Waals surface area (Å²) in [5.74, 6) is 0.775. The van der Waals surface area contributed by atoms with Crippen LogP contribution in [0.5, 0.6) is 5.75 Å². The average Bonchev–Trinajstić information content (AvgIpc) is 2.55. The summed E-state index contributed by atoms with van der Waals surface area (Å²) in [6.45, 7) is 2.98. The first-order valence-electron chi connectivity index (χ1n) is 7.17. The molecular formula is C17H20N2O3. The van der Waals surface area contributed by atoms with Crippen LogP contribution in [-0.2, 0) is 13.2 Å². The van der Waals surface area contributed by atoms with E-state index in [2.05, 4.69) is 10.6 Å². The Kier molecular flexibility index (Phi) is 5.80. The van der Waals surface area contributed by atoms with E-state index < -0.39 is 0 Å². The van der Waals surface area contributed by atoms with Crippen LogP contribution in [0.15, 0.2) is 48.5 Å². The van der Waals surface area contributed by atoms with Crippen LogP contribution in [-0.4, -0.2) is 17.7 Å². The predicted octanol–water partition coefficient (Wildman–Crippen LogP) is 2.90. The van der Waals surface area contributed by atoms with Crippen LogP contribution in [0.3, 0.4) is 0 Å². The number of anilines is 1. The summed E-state index contributed by atoms with van der Waals surface area (Å²) in [5, 5.41) is 14.5. The van der Waals surface area contributed by atoms with Crippen molar-refractivity contribution in [2.75, 3.05) is 11.9 Å². The lowest BCUT2D eigenvalue weighted by molar-refractivity contribution is 0.251. The summed E-state index contributed by atoms with van der Waals surface area (Å²) in [6, 6.07) is 14.4. The average molecular weight is 300 g/mol. The minimum absolute atomic E-state index is 0.0198. The normalized spacial score (nSPS) is 10.1. The number of hydrogen-bond donors (Lipinski definition) is 3. The second-order valence-electron chi connectivity index (χ2n) is 4.74. The molecule has 0 aliphatic rings. The van der Waals surface area contributed by atoms with Crippen LogP contribution >= 0.6 is 0 Å². The fourth-order valence-corrected chi connectivity index (χ4v) is 1.92. The zero-order valence-corrected chi connectivity index (χ0v) is 12.5. The van der Waals surface area contributed by atoms with Gasteiger partial charge in [-0.15, -0.1) is 0 Å². The first-order valence-corrected chi connectivity index (χ1v) is 7.17. The van der Waals surface area contributed by atoms with Gasteiger partial charge in [-0.2, -0.15) is 0 Å². The summed E-state index contributed by atoms with van der Waals surface area (Å²) in [7, 11) is 0. The zero-order chi connectivity index (χ0) is 15.8. The fourth-order valence-electron chi connectivity index (χ4n) is 1.92. The number of aliphatic hydroxyl groups is 1. The Morgan fingerprint density at radius 1 is 1.05 bits per heavy atom. The van der Waals surface area contributed by atoms with Crippen molar-refractivity contribution in [3.05, 3.63) is 59.7 Å². The van der Waals surface area contributed by atoms with E-state index in [-0.39, 0.29) is 12.6 Å². The van der Waals surface area contributed by atoms with Gasteiger partial charge in [0, 0.05) is 12.2 Å². The molecule has 22 heavy (non-hydrogen) atoms. The molecule has 3 N–H and O–H groups in total. The SMILES string of the molecule is CCOc1ccc(NC(=O)NCc2ccc(CO)cc2)cc1. The number of rotatable bonds is 6. The molecule has 0 aromatic heterocycles. The quantitative estimate of drug-likeness (QED) is 0.768. The number of ether oxygens (including phenoxy) is 1. The monoisotopic (exact) mass is 300 g/mol. The molecule has 5 nitrogen and oxygen atoms in total. The molecule has 0 spiro atoms. The largest absolute Gasteiger partial charge is 0.494 e. The van der Waals surface area contributed by atoms with Gasteiger partial charge in [-0.1, -0.05) is 24.3 Å². The minimum atomic E-state index is -0.268. The van der Waals surface area contributed by atoms with E-state index in [1.807, 2.05) is 43.3 Å². The highest BCUT2D eigenvalue weighted by molar-refractivity contribution is 5.89. The third kappa shape index (κ3) is 4.79. The first kappa shape index (κ1) is 15.9. The molecule has 5 heteroatoms. The Bertz CT molecular complexity index is 594. The maximum Gasteiger partial charge on any atom is 0.319 e. The molecule has 0 aliphatic carbocycles. The van der Waals surface area contributed by atoms with Crippen molar-refractivity contribution in [1.82, 2.24) is 5.32 Å². The van der Waals surface area contributed by atoms with Gasteiger partial charge in [-0.25, -0.2) is 4.79 Å². The zero-order valence-electron chi connectivity index (χ0n) is 12.5. The third-order valence-electron chi connectivity index (χ3n) is 3.08. The lowest BCUT2D eigenvalue weighted by Gasteiger charge is -2.09. The molecule has 0 saturated carbocycles. The number of amides is 2. The Balaban J connectivity index is 1.81. The second-order valence-corrected chi connectivity index (χ2v) is 4.74. The maximum absolute atomic E-state index is 11.8. The Morgan fingerprint density at radius 3 is 2.27 bits per heavy atom. The van der Waals surface area contributed by atoms with E-state index in [0.29, 0.717) is 18.8 Å². The molecule has 2 aromatic rings. The van der Waals surface area contributed by atoms with Crippen molar-refractivity contribution in [2.24, 2.45) is 0 Å². The number of carbonyl (C=O) groups excluding carboxylic acids is 1. The Morgan fingerprint density at radius 2 is 1.68 bits per heavy atom. The highest BCUT2D eigenvalue weighted by Crippen LogP contribution is 2.15. The van der Waals surface area contributed by atoms with Crippen LogP contribution in [0, 0.1) is 0 Å². The molecule has 2 aromatic carbocycles. The highest BCUT2D eigenvalue weighted by atomic mass is 16.5. The van der Waals surface area contributed by atoms with E-state index in [0.717, 1.165) is 16.9 Å². The highest BCUT2D eigenvalue weighted by Gasteiger charge is 2.02. The summed E-state index contributed by atoms with van der Waals surface area (Å²) >= 11 is 0. The van der Waals surface area contributed by atoms with Crippen molar-refractivity contribution in [1.29, 1.82) is 0 Å². The topological polar surface area (TPSA) is 70.6 Å². The van der Waals surface area contributed by atoms with Crippen molar-refractivity contribution in [3.8, 4) is 5.75 Å². The number of carbonyl (C=O) groups is 1. The van der Waals surface area contributed by atoms with E-state index in [9.17, 15) is 4.79 Å². The number of nitrogens with one attached hydrogen (secondary N) is 2. The van der Waals surface area contributed by atoms with Gasteiger partial charge in [0.2, 0.25) is 0 Å². The molecule has 0 heterocycles. The second kappa shape index (κ2) is 8.05. The van der Waals surface area contributed by atoms with Crippen molar-refractivity contribution < 1.29 is 14.6 Å². The van der Waals surface area contributed by atoms with E-state index in [1.54, 1.807) is 12.1 Å². The standard InChI is InChI=1S/C17H20N2O3/c1-2-22-16-9-7-15(8-10-16)19-17(21)18-11-13-3-5-14(12-20)6-4-13/h3-10,20H,2,11-12H2,1H3,(H2,18,19,21). The van der Waals surface area contributed by atoms with Gasteiger partial charge in [0.15, 0.2) is 0 Å². The van der Waals surface area contributed by atoms with Crippen molar-refractivity contribution >= 4 is 11.7 Å². The number of aliphatic hydroxyl groups excluding tert-OH is 1. The summed E-state index contributed by atoms with van der Waals surface area (Å²) in [4.78, 5) is 11.8. The lowest BCUT2D eigenvalue weighted by Crippen LogP contribution is -2.28. The van der Waals surface area contributed by atoms with Crippen LogP contribution in [0.4, 0.5) is 10.5 Å². The molecule has 2 amide bonds.